The number of benzene rings is 2. The number of anilines is 1. The van der Waals surface area contributed by atoms with E-state index in [2.05, 4.69) is 15.3 Å². The number of methoxy groups -OCH3 is 1. The molecule has 9 heteroatoms. The summed E-state index contributed by atoms with van der Waals surface area (Å²) in [5.41, 5.74) is 4.06. The molecule has 0 saturated heterocycles. The van der Waals surface area contributed by atoms with Crippen LogP contribution in [0.25, 0.3) is 16.9 Å². The van der Waals surface area contributed by atoms with E-state index in [1.807, 2.05) is 73.8 Å². The van der Waals surface area contributed by atoms with Gasteiger partial charge in [0.15, 0.2) is 5.16 Å². The Labute approximate surface area is 212 Å². The van der Waals surface area contributed by atoms with Gasteiger partial charge >= 0.3 is 5.97 Å². The molecule has 0 saturated carbocycles. The fourth-order valence-electron chi connectivity index (χ4n) is 4.46. The molecule has 0 spiro atoms. The number of allylic oxidation sites excluding steroid dienone is 1. The van der Waals surface area contributed by atoms with Crippen LogP contribution in [-0.2, 0) is 9.53 Å². The molecule has 0 amide bonds. The Morgan fingerprint density at radius 3 is 2.47 bits per heavy atom. The lowest BCUT2D eigenvalue weighted by Crippen LogP contribution is -2.31. The summed E-state index contributed by atoms with van der Waals surface area (Å²) >= 11 is 1.44. The molecule has 1 atom stereocenters. The third-order valence-corrected chi connectivity index (χ3v) is 6.78. The second kappa shape index (κ2) is 9.87. The van der Waals surface area contributed by atoms with Crippen LogP contribution in [0.2, 0.25) is 0 Å². The fourth-order valence-corrected chi connectivity index (χ4v) is 5.05. The molecule has 0 unspecified atom stereocenters. The molecule has 5 rings (SSSR count). The molecular formula is C27H25N5O3S. The second-order valence-electron chi connectivity index (χ2n) is 8.23. The Hall–Kier alpha value is -4.11. The van der Waals surface area contributed by atoms with E-state index in [0.717, 1.165) is 17.0 Å². The molecule has 0 fully saturated rings. The molecule has 182 valence electrons. The van der Waals surface area contributed by atoms with E-state index in [1.54, 1.807) is 11.6 Å². The number of fused-ring (bicyclic) bond motifs is 1. The summed E-state index contributed by atoms with van der Waals surface area (Å²) in [6.07, 6.45) is 1.88. The zero-order chi connectivity index (χ0) is 25.2. The normalized spacial score (nSPS) is 14.8. The van der Waals surface area contributed by atoms with Crippen molar-refractivity contribution < 1.29 is 9.53 Å². The molecule has 1 aliphatic heterocycles. The predicted octanol–water partition coefficient (Wildman–Crippen LogP) is 4.74. The summed E-state index contributed by atoms with van der Waals surface area (Å²) in [6.45, 7) is 3.78. The molecule has 2 aromatic carbocycles. The maximum Gasteiger partial charge on any atom is 0.336 e. The summed E-state index contributed by atoms with van der Waals surface area (Å²) in [4.78, 5) is 34.1. The fraction of sp³-hybridized carbons (Fsp3) is 0.185. The van der Waals surface area contributed by atoms with Crippen molar-refractivity contribution in [3.05, 3.63) is 99.6 Å². The molecule has 0 aliphatic carbocycles. The third-order valence-electron chi connectivity index (χ3n) is 6.03. The van der Waals surface area contributed by atoms with E-state index in [0.29, 0.717) is 39.1 Å². The highest BCUT2D eigenvalue weighted by Gasteiger charge is 2.38. The highest BCUT2D eigenvalue weighted by Crippen LogP contribution is 2.43. The lowest BCUT2D eigenvalue weighted by Gasteiger charge is -2.28. The largest absolute Gasteiger partial charge is 0.466 e. The van der Waals surface area contributed by atoms with Crippen molar-refractivity contribution in [1.29, 1.82) is 0 Å². The minimum Gasteiger partial charge on any atom is -0.466 e. The number of hydrogen-bond acceptors (Lipinski definition) is 7. The van der Waals surface area contributed by atoms with Crippen molar-refractivity contribution in [3.8, 4) is 16.9 Å². The molecule has 36 heavy (non-hydrogen) atoms. The molecule has 1 aliphatic rings. The number of carbonyl (C=O) groups is 1. The number of hydrogen-bond donors (Lipinski definition) is 2. The van der Waals surface area contributed by atoms with Gasteiger partial charge in [0.25, 0.3) is 5.56 Å². The molecule has 3 heterocycles. The zero-order valence-electron chi connectivity index (χ0n) is 20.1. The van der Waals surface area contributed by atoms with Crippen LogP contribution in [0.15, 0.2) is 88.1 Å². The first-order valence-electron chi connectivity index (χ1n) is 11.5. The number of aromatic amines is 1. The number of nitrogens with zero attached hydrogens (tertiary/aromatic N) is 3. The number of rotatable bonds is 6. The standard InChI is InChI=1S/C27H25N5O3S/c1-4-36-27-29-24-22(25(33)30-27)21(20(16(2)28-24)26(34)35-3)19-15-32(18-13-9-6-10-14-18)31-23(19)17-11-7-5-8-12-17/h5-15,21H,4H2,1-3H3,(H2,28,29,30,33)/t21-/m0/s1. The van der Waals surface area contributed by atoms with Gasteiger partial charge in [-0.2, -0.15) is 5.10 Å². The smallest absolute Gasteiger partial charge is 0.336 e. The molecule has 4 aromatic rings. The lowest BCUT2D eigenvalue weighted by molar-refractivity contribution is -0.136. The van der Waals surface area contributed by atoms with Crippen molar-refractivity contribution >= 4 is 23.5 Å². The summed E-state index contributed by atoms with van der Waals surface area (Å²) in [5.74, 6) is -0.0711. The molecular weight excluding hydrogens is 474 g/mol. The molecule has 0 radical (unpaired) electrons. The van der Waals surface area contributed by atoms with Gasteiger partial charge in [-0.05, 0) is 24.8 Å². The van der Waals surface area contributed by atoms with Crippen LogP contribution in [0, 0.1) is 0 Å². The van der Waals surface area contributed by atoms with Crippen molar-refractivity contribution in [3.63, 3.8) is 0 Å². The Bertz CT molecular complexity index is 1510. The van der Waals surface area contributed by atoms with Gasteiger partial charge < -0.3 is 15.0 Å². The Morgan fingerprint density at radius 2 is 1.81 bits per heavy atom. The van der Waals surface area contributed by atoms with Gasteiger partial charge in [-0.3, -0.25) is 4.79 Å². The Kier molecular flexibility index (Phi) is 6.47. The first-order chi connectivity index (χ1) is 17.5. The van der Waals surface area contributed by atoms with Gasteiger partial charge in [0, 0.05) is 23.0 Å². The van der Waals surface area contributed by atoms with Crippen LogP contribution < -0.4 is 10.9 Å². The number of carbonyl (C=O) groups excluding carboxylic acids is 1. The van der Waals surface area contributed by atoms with Gasteiger partial charge in [-0.15, -0.1) is 0 Å². The van der Waals surface area contributed by atoms with Crippen molar-refractivity contribution in [2.45, 2.75) is 24.9 Å². The highest BCUT2D eigenvalue weighted by atomic mass is 32.2. The number of esters is 1. The van der Waals surface area contributed by atoms with Crippen LogP contribution >= 0.6 is 11.8 Å². The summed E-state index contributed by atoms with van der Waals surface area (Å²) in [6, 6.07) is 19.4. The maximum atomic E-state index is 13.5. The Morgan fingerprint density at radius 1 is 1.11 bits per heavy atom. The first kappa shape index (κ1) is 23.6. The minimum atomic E-state index is -0.738. The molecule has 0 bridgehead atoms. The number of aromatic nitrogens is 4. The Balaban J connectivity index is 1.81. The van der Waals surface area contributed by atoms with E-state index in [9.17, 15) is 9.59 Å². The van der Waals surface area contributed by atoms with Gasteiger partial charge in [-0.25, -0.2) is 14.5 Å². The van der Waals surface area contributed by atoms with E-state index in [1.165, 1.54) is 18.9 Å². The van der Waals surface area contributed by atoms with E-state index in [4.69, 9.17) is 9.84 Å². The van der Waals surface area contributed by atoms with Gasteiger partial charge in [0.05, 0.1) is 35.5 Å². The number of nitrogens with one attached hydrogen (secondary N) is 2. The SMILES string of the molecule is CCSc1nc2c(c(=O)[nH]1)[C@@H](c1cn(-c3ccccc3)nc1-c1ccccc1)C(C(=O)OC)=C(C)N2. The number of para-hydroxylation sites is 1. The zero-order valence-corrected chi connectivity index (χ0v) is 20.9. The van der Waals surface area contributed by atoms with Gasteiger partial charge in [0.2, 0.25) is 0 Å². The third kappa shape index (κ3) is 4.22. The number of thioether (sulfide) groups is 1. The van der Waals surface area contributed by atoms with Gasteiger partial charge in [-0.1, -0.05) is 67.2 Å². The quantitative estimate of drug-likeness (QED) is 0.224. The van der Waals surface area contributed by atoms with Crippen LogP contribution in [0.4, 0.5) is 5.82 Å². The minimum absolute atomic E-state index is 0.311. The second-order valence-corrected chi connectivity index (χ2v) is 9.49. The molecule has 8 nitrogen and oxygen atoms in total. The van der Waals surface area contributed by atoms with E-state index in [-0.39, 0.29) is 5.56 Å². The van der Waals surface area contributed by atoms with Crippen LogP contribution in [0.1, 0.15) is 30.9 Å². The van der Waals surface area contributed by atoms with Crippen molar-refractivity contribution in [2.75, 3.05) is 18.2 Å². The van der Waals surface area contributed by atoms with Crippen molar-refractivity contribution in [2.24, 2.45) is 0 Å². The number of H-pyrrole nitrogens is 1. The average molecular weight is 500 g/mol. The van der Waals surface area contributed by atoms with E-state index < -0.39 is 11.9 Å². The summed E-state index contributed by atoms with van der Waals surface area (Å²) in [7, 11) is 1.34. The van der Waals surface area contributed by atoms with Crippen LogP contribution in [-0.4, -0.2) is 38.6 Å². The molecule has 2 N–H and O–H groups in total. The average Bonchev–Trinajstić information content (AvgIpc) is 3.34. The maximum absolute atomic E-state index is 13.5. The predicted molar refractivity (Wildman–Crippen MR) is 140 cm³/mol. The summed E-state index contributed by atoms with van der Waals surface area (Å²) < 4.78 is 6.94. The van der Waals surface area contributed by atoms with E-state index >= 15 is 0 Å². The molecule has 2 aromatic heterocycles. The highest BCUT2D eigenvalue weighted by molar-refractivity contribution is 7.99. The summed E-state index contributed by atoms with van der Waals surface area (Å²) in [5, 5.41) is 8.59. The van der Waals surface area contributed by atoms with Crippen molar-refractivity contribution in [1.82, 2.24) is 19.7 Å². The lowest BCUT2D eigenvalue weighted by atomic mass is 9.81. The number of ether oxygens (including phenoxy) is 1. The van der Waals surface area contributed by atoms with Crippen LogP contribution in [0.5, 0.6) is 0 Å². The van der Waals surface area contributed by atoms with Gasteiger partial charge in [0.1, 0.15) is 5.82 Å². The topological polar surface area (TPSA) is 102 Å². The first-order valence-corrected chi connectivity index (χ1v) is 12.5. The van der Waals surface area contributed by atoms with Crippen LogP contribution in [0.3, 0.4) is 0 Å². The monoisotopic (exact) mass is 499 g/mol.